The van der Waals surface area contributed by atoms with E-state index in [2.05, 4.69) is 62.0 Å². The molecule has 0 amide bonds. The van der Waals surface area contributed by atoms with Gasteiger partial charge in [0.25, 0.3) is 0 Å². The van der Waals surface area contributed by atoms with E-state index < -0.39 is 0 Å². The van der Waals surface area contributed by atoms with Crippen molar-refractivity contribution in [3.63, 3.8) is 0 Å². The second kappa shape index (κ2) is 10.2. The molecule has 2 aromatic heterocycles. The van der Waals surface area contributed by atoms with E-state index in [4.69, 9.17) is 4.42 Å². The standard InChI is InChI=1S/C20H26N6O/c1-2-21-20(22-13-6-10-16-8-4-3-5-9-16)23-14-12-18-24-19(26-25-18)17-11-7-15-27-17/h3-5,7-9,11,15H,2,6,10,12-14H2,1H3,(H2,21,22,23)(H,24,25,26). The average Bonchev–Trinajstić information content (AvgIpc) is 3.38. The van der Waals surface area contributed by atoms with Gasteiger partial charge in [0.2, 0.25) is 5.82 Å². The molecule has 1 aromatic carbocycles. The minimum atomic E-state index is 0.580. The highest BCUT2D eigenvalue weighted by molar-refractivity contribution is 5.79. The van der Waals surface area contributed by atoms with Crippen molar-refractivity contribution in [2.24, 2.45) is 4.99 Å². The number of aromatic amines is 1. The van der Waals surface area contributed by atoms with E-state index in [0.717, 1.165) is 50.7 Å². The molecule has 3 rings (SSSR count). The molecule has 27 heavy (non-hydrogen) atoms. The van der Waals surface area contributed by atoms with Gasteiger partial charge in [0.05, 0.1) is 6.26 Å². The third-order valence-corrected chi connectivity index (χ3v) is 4.01. The molecular formula is C20H26N6O. The predicted octanol–water partition coefficient (Wildman–Crippen LogP) is 2.80. The number of aryl methyl sites for hydroxylation is 1. The molecule has 0 spiro atoms. The summed E-state index contributed by atoms with van der Waals surface area (Å²) in [5, 5.41) is 13.7. The van der Waals surface area contributed by atoms with Crippen molar-refractivity contribution >= 4 is 5.96 Å². The van der Waals surface area contributed by atoms with Gasteiger partial charge in [-0.25, -0.2) is 4.98 Å². The molecule has 7 nitrogen and oxygen atoms in total. The lowest BCUT2D eigenvalue weighted by Crippen LogP contribution is -2.38. The number of hydrogen-bond acceptors (Lipinski definition) is 4. The van der Waals surface area contributed by atoms with Crippen molar-refractivity contribution in [3.05, 3.63) is 60.1 Å². The van der Waals surface area contributed by atoms with Crippen molar-refractivity contribution < 1.29 is 4.42 Å². The van der Waals surface area contributed by atoms with Crippen LogP contribution in [0.4, 0.5) is 0 Å². The van der Waals surface area contributed by atoms with E-state index >= 15 is 0 Å². The average molecular weight is 366 g/mol. The van der Waals surface area contributed by atoms with Crippen LogP contribution in [0.1, 0.15) is 24.7 Å². The zero-order valence-electron chi connectivity index (χ0n) is 15.6. The molecule has 7 heteroatoms. The molecule has 3 aromatic rings. The highest BCUT2D eigenvalue weighted by Gasteiger charge is 2.08. The molecule has 0 atom stereocenters. The monoisotopic (exact) mass is 366 g/mol. The maximum atomic E-state index is 5.30. The van der Waals surface area contributed by atoms with Gasteiger partial charge >= 0.3 is 0 Å². The van der Waals surface area contributed by atoms with Gasteiger partial charge in [-0.15, -0.1) is 0 Å². The van der Waals surface area contributed by atoms with Crippen LogP contribution < -0.4 is 10.6 Å². The summed E-state index contributed by atoms with van der Waals surface area (Å²) >= 11 is 0. The fraction of sp³-hybridized carbons (Fsp3) is 0.350. The van der Waals surface area contributed by atoms with Crippen molar-refractivity contribution in [2.75, 3.05) is 19.6 Å². The Bertz CT molecular complexity index is 810. The molecule has 0 aliphatic heterocycles. The number of aromatic nitrogens is 3. The Morgan fingerprint density at radius 3 is 2.78 bits per heavy atom. The molecule has 0 fully saturated rings. The third-order valence-electron chi connectivity index (χ3n) is 4.01. The van der Waals surface area contributed by atoms with Crippen LogP contribution in [-0.4, -0.2) is 40.8 Å². The quantitative estimate of drug-likeness (QED) is 0.308. The first-order chi connectivity index (χ1) is 13.3. The maximum absolute atomic E-state index is 5.30. The second-order valence-electron chi connectivity index (χ2n) is 6.11. The van der Waals surface area contributed by atoms with Crippen molar-refractivity contribution in [3.8, 4) is 11.6 Å². The summed E-state index contributed by atoms with van der Waals surface area (Å²) < 4.78 is 5.30. The number of H-pyrrole nitrogens is 1. The van der Waals surface area contributed by atoms with Gasteiger partial charge in [-0.3, -0.25) is 10.1 Å². The van der Waals surface area contributed by atoms with Crippen LogP contribution in [0.25, 0.3) is 11.6 Å². The number of aliphatic imine (C=N–C) groups is 1. The minimum Gasteiger partial charge on any atom is -0.461 e. The molecule has 0 saturated carbocycles. The summed E-state index contributed by atoms with van der Waals surface area (Å²) in [5.41, 5.74) is 1.35. The summed E-state index contributed by atoms with van der Waals surface area (Å²) in [7, 11) is 0. The molecular weight excluding hydrogens is 340 g/mol. The Kier molecular flexibility index (Phi) is 7.03. The Morgan fingerprint density at radius 2 is 2.00 bits per heavy atom. The Balaban J connectivity index is 1.42. The topological polar surface area (TPSA) is 91.1 Å². The zero-order chi connectivity index (χ0) is 18.7. The molecule has 0 aliphatic carbocycles. The molecule has 0 aliphatic rings. The van der Waals surface area contributed by atoms with Crippen molar-refractivity contribution in [1.29, 1.82) is 0 Å². The first kappa shape index (κ1) is 18.7. The molecule has 0 saturated heterocycles. The largest absolute Gasteiger partial charge is 0.461 e. The van der Waals surface area contributed by atoms with Crippen LogP contribution in [0.5, 0.6) is 0 Å². The Morgan fingerprint density at radius 1 is 1.11 bits per heavy atom. The van der Waals surface area contributed by atoms with Gasteiger partial charge in [-0.2, -0.15) is 5.10 Å². The van der Waals surface area contributed by atoms with Crippen molar-refractivity contribution in [2.45, 2.75) is 26.2 Å². The van der Waals surface area contributed by atoms with E-state index in [1.54, 1.807) is 6.26 Å². The van der Waals surface area contributed by atoms with E-state index in [1.165, 1.54) is 5.56 Å². The highest BCUT2D eigenvalue weighted by Crippen LogP contribution is 2.14. The molecule has 3 N–H and O–H groups in total. The Hall–Kier alpha value is -3.09. The van der Waals surface area contributed by atoms with Crippen LogP contribution in [0.2, 0.25) is 0 Å². The van der Waals surface area contributed by atoms with Crippen LogP contribution in [0.3, 0.4) is 0 Å². The number of benzene rings is 1. The van der Waals surface area contributed by atoms with E-state index in [-0.39, 0.29) is 0 Å². The highest BCUT2D eigenvalue weighted by atomic mass is 16.3. The molecule has 2 heterocycles. The van der Waals surface area contributed by atoms with Gasteiger partial charge in [-0.1, -0.05) is 30.3 Å². The molecule has 0 radical (unpaired) electrons. The van der Waals surface area contributed by atoms with Crippen LogP contribution in [-0.2, 0) is 12.8 Å². The lowest BCUT2D eigenvalue weighted by molar-refractivity contribution is 0.577. The maximum Gasteiger partial charge on any atom is 0.216 e. The fourth-order valence-electron chi connectivity index (χ4n) is 2.68. The van der Waals surface area contributed by atoms with Gasteiger partial charge in [0, 0.05) is 26.1 Å². The minimum absolute atomic E-state index is 0.580. The molecule has 0 bridgehead atoms. The lowest BCUT2D eigenvalue weighted by atomic mass is 10.1. The first-order valence-corrected chi connectivity index (χ1v) is 9.36. The summed E-state index contributed by atoms with van der Waals surface area (Å²) in [6.45, 7) is 4.40. The lowest BCUT2D eigenvalue weighted by Gasteiger charge is -2.10. The number of nitrogens with one attached hydrogen (secondary N) is 3. The SMILES string of the molecule is CCNC(=NCCCc1ccccc1)NCCc1nc(-c2ccco2)n[nH]1. The molecule has 0 unspecified atom stereocenters. The van der Waals surface area contributed by atoms with E-state index in [9.17, 15) is 0 Å². The van der Waals surface area contributed by atoms with Gasteiger partial charge in [0.15, 0.2) is 11.7 Å². The first-order valence-electron chi connectivity index (χ1n) is 9.36. The Labute approximate surface area is 159 Å². The van der Waals surface area contributed by atoms with Crippen molar-refractivity contribution in [1.82, 2.24) is 25.8 Å². The van der Waals surface area contributed by atoms with Gasteiger partial charge in [0.1, 0.15) is 5.82 Å². The number of hydrogen-bond donors (Lipinski definition) is 3. The van der Waals surface area contributed by atoms with Crippen LogP contribution >= 0.6 is 0 Å². The van der Waals surface area contributed by atoms with Crippen LogP contribution in [0.15, 0.2) is 58.1 Å². The van der Waals surface area contributed by atoms with E-state index in [0.29, 0.717) is 11.6 Å². The summed E-state index contributed by atoms with van der Waals surface area (Å²) in [6.07, 6.45) is 4.40. The van der Waals surface area contributed by atoms with Gasteiger partial charge in [-0.05, 0) is 37.5 Å². The summed E-state index contributed by atoms with van der Waals surface area (Å²) in [4.78, 5) is 9.08. The number of furan rings is 1. The normalized spacial score (nSPS) is 11.5. The smallest absolute Gasteiger partial charge is 0.216 e. The predicted molar refractivity (Wildman–Crippen MR) is 107 cm³/mol. The molecule has 142 valence electrons. The number of nitrogens with zero attached hydrogens (tertiary/aromatic N) is 3. The van der Waals surface area contributed by atoms with Crippen LogP contribution in [0, 0.1) is 0 Å². The van der Waals surface area contributed by atoms with Gasteiger partial charge < -0.3 is 15.1 Å². The summed E-state index contributed by atoms with van der Waals surface area (Å²) in [5.74, 6) is 2.89. The number of rotatable bonds is 9. The summed E-state index contributed by atoms with van der Waals surface area (Å²) in [6, 6.07) is 14.2. The second-order valence-corrected chi connectivity index (χ2v) is 6.11. The third kappa shape index (κ3) is 5.99. The zero-order valence-corrected chi connectivity index (χ0v) is 15.6. The number of guanidine groups is 1. The van der Waals surface area contributed by atoms with E-state index in [1.807, 2.05) is 18.2 Å². The fourth-order valence-corrected chi connectivity index (χ4v) is 2.68.